The van der Waals surface area contributed by atoms with E-state index >= 15 is 0 Å². The van der Waals surface area contributed by atoms with Gasteiger partial charge < -0.3 is 4.57 Å². The number of nitrogens with zero attached hydrogens (tertiary/aromatic N) is 3. The van der Waals surface area contributed by atoms with Crippen LogP contribution in [0.5, 0.6) is 0 Å². The quantitative estimate of drug-likeness (QED) is 0.283. The van der Waals surface area contributed by atoms with Crippen LogP contribution >= 0.6 is 11.8 Å². The number of aromatic nitrogens is 3. The van der Waals surface area contributed by atoms with Crippen molar-refractivity contribution < 1.29 is 4.79 Å². The lowest BCUT2D eigenvalue weighted by atomic mass is 10.1. The molecule has 3 aromatic rings. The van der Waals surface area contributed by atoms with Crippen molar-refractivity contribution >= 4 is 17.5 Å². The van der Waals surface area contributed by atoms with Crippen LogP contribution < -0.4 is 0 Å². The van der Waals surface area contributed by atoms with E-state index in [0.717, 1.165) is 47.2 Å². The molecule has 0 amide bonds. The molecule has 1 aromatic heterocycles. The Morgan fingerprint density at radius 3 is 2.63 bits per heavy atom. The number of carbonyl (C=O) groups is 1. The molecule has 27 heavy (non-hydrogen) atoms. The number of aryl methyl sites for hydroxylation is 1. The molecule has 0 saturated carbocycles. The van der Waals surface area contributed by atoms with Crippen LogP contribution in [-0.2, 0) is 6.54 Å². The van der Waals surface area contributed by atoms with E-state index in [0.29, 0.717) is 6.42 Å². The van der Waals surface area contributed by atoms with Crippen LogP contribution in [0.1, 0.15) is 42.1 Å². The predicted molar refractivity (Wildman–Crippen MR) is 111 cm³/mol. The fourth-order valence-electron chi connectivity index (χ4n) is 2.98. The minimum Gasteiger partial charge on any atom is -0.302 e. The molecule has 0 aliphatic rings. The molecule has 0 spiro atoms. The van der Waals surface area contributed by atoms with Crippen LogP contribution in [0.25, 0.3) is 11.4 Å². The summed E-state index contributed by atoms with van der Waals surface area (Å²) in [7, 11) is 0. The van der Waals surface area contributed by atoms with Gasteiger partial charge in [0.1, 0.15) is 0 Å². The fraction of sp³-hybridized carbons (Fsp3) is 0.318. The number of ketones is 1. The SMILES string of the molecule is CCCn1c(SCCCC(=O)c2ccccc2)nnc1-c1cccc(C)c1. The Morgan fingerprint density at radius 2 is 1.89 bits per heavy atom. The second-order valence-electron chi connectivity index (χ2n) is 6.57. The number of hydrogen-bond donors (Lipinski definition) is 0. The van der Waals surface area contributed by atoms with E-state index in [-0.39, 0.29) is 5.78 Å². The zero-order valence-electron chi connectivity index (χ0n) is 15.9. The van der Waals surface area contributed by atoms with E-state index in [1.54, 1.807) is 11.8 Å². The number of benzene rings is 2. The van der Waals surface area contributed by atoms with Gasteiger partial charge in [-0.15, -0.1) is 10.2 Å². The summed E-state index contributed by atoms with van der Waals surface area (Å²) in [5.41, 5.74) is 3.10. The molecule has 0 unspecified atom stereocenters. The molecule has 0 aliphatic heterocycles. The van der Waals surface area contributed by atoms with Crippen molar-refractivity contribution in [3.8, 4) is 11.4 Å². The van der Waals surface area contributed by atoms with Gasteiger partial charge in [0.25, 0.3) is 0 Å². The van der Waals surface area contributed by atoms with Crippen molar-refractivity contribution in [3.05, 3.63) is 65.7 Å². The molecule has 5 heteroatoms. The second kappa shape index (κ2) is 9.51. The fourth-order valence-corrected chi connectivity index (χ4v) is 3.89. The Balaban J connectivity index is 1.62. The molecule has 1 heterocycles. The lowest BCUT2D eigenvalue weighted by molar-refractivity contribution is 0.0982. The van der Waals surface area contributed by atoms with E-state index in [1.165, 1.54) is 5.56 Å². The van der Waals surface area contributed by atoms with E-state index < -0.39 is 0 Å². The zero-order chi connectivity index (χ0) is 19.1. The topological polar surface area (TPSA) is 47.8 Å². The first-order chi connectivity index (χ1) is 13.2. The highest BCUT2D eigenvalue weighted by Crippen LogP contribution is 2.25. The molecule has 3 rings (SSSR count). The number of hydrogen-bond acceptors (Lipinski definition) is 4. The van der Waals surface area contributed by atoms with Crippen molar-refractivity contribution in [2.75, 3.05) is 5.75 Å². The molecular formula is C22H25N3OS. The molecule has 0 fully saturated rings. The van der Waals surface area contributed by atoms with Gasteiger partial charge in [0.2, 0.25) is 0 Å². The van der Waals surface area contributed by atoms with E-state index in [1.807, 2.05) is 30.3 Å². The molecular weight excluding hydrogens is 354 g/mol. The summed E-state index contributed by atoms with van der Waals surface area (Å²) in [6.45, 7) is 5.14. The standard InChI is InChI=1S/C22H25N3OS/c1-3-14-25-21(19-12-7-9-17(2)16-19)23-24-22(25)27-15-8-13-20(26)18-10-5-4-6-11-18/h4-7,9-12,16H,3,8,13-15H2,1-2H3. The molecule has 0 N–H and O–H groups in total. The Kier molecular flexibility index (Phi) is 6.82. The van der Waals surface area contributed by atoms with Crippen molar-refractivity contribution in [2.45, 2.75) is 44.8 Å². The number of rotatable bonds is 9. The van der Waals surface area contributed by atoms with Crippen LogP contribution in [0.4, 0.5) is 0 Å². The first kappa shape index (κ1) is 19.4. The summed E-state index contributed by atoms with van der Waals surface area (Å²) >= 11 is 1.68. The van der Waals surface area contributed by atoms with Gasteiger partial charge in [0.15, 0.2) is 16.8 Å². The van der Waals surface area contributed by atoms with Crippen molar-refractivity contribution in [3.63, 3.8) is 0 Å². The monoisotopic (exact) mass is 379 g/mol. The summed E-state index contributed by atoms with van der Waals surface area (Å²) in [5, 5.41) is 9.77. The lowest BCUT2D eigenvalue weighted by Crippen LogP contribution is -2.03. The van der Waals surface area contributed by atoms with Crippen molar-refractivity contribution in [1.82, 2.24) is 14.8 Å². The third-order valence-electron chi connectivity index (χ3n) is 4.32. The summed E-state index contributed by atoms with van der Waals surface area (Å²) in [4.78, 5) is 12.2. The van der Waals surface area contributed by atoms with Crippen LogP contribution in [0.2, 0.25) is 0 Å². The second-order valence-corrected chi connectivity index (χ2v) is 7.63. The van der Waals surface area contributed by atoms with E-state index in [9.17, 15) is 4.79 Å². The Morgan fingerprint density at radius 1 is 1.07 bits per heavy atom. The van der Waals surface area contributed by atoms with Crippen LogP contribution in [0.3, 0.4) is 0 Å². The van der Waals surface area contributed by atoms with Crippen LogP contribution in [-0.4, -0.2) is 26.3 Å². The number of carbonyl (C=O) groups excluding carboxylic acids is 1. The maximum Gasteiger partial charge on any atom is 0.191 e. The maximum atomic E-state index is 12.2. The molecule has 0 atom stereocenters. The lowest BCUT2D eigenvalue weighted by Gasteiger charge is -2.09. The number of Topliss-reactive ketones (excluding diaryl/α,β-unsaturated/α-hetero) is 1. The predicted octanol–water partition coefficient (Wildman–Crippen LogP) is 5.42. The average molecular weight is 380 g/mol. The molecule has 0 radical (unpaired) electrons. The normalized spacial score (nSPS) is 10.9. The summed E-state index contributed by atoms with van der Waals surface area (Å²) in [6.07, 6.45) is 2.41. The Labute approximate surface area is 165 Å². The Hall–Kier alpha value is -2.40. The van der Waals surface area contributed by atoms with Gasteiger partial charge in [-0.25, -0.2) is 0 Å². The van der Waals surface area contributed by atoms with Gasteiger partial charge in [-0.05, 0) is 25.8 Å². The smallest absolute Gasteiger partial charge is 0.191 e. The largest absolute Gasteiger partial charge is 0.302 e. The number of thioether (sulfide) groups is 1. The zero-order valence-corrected chi connectivity index (χ0v) is 16.7. The first-order valence-electron chi connectivity index (χ1n) is 9.40. The van der Waals surface area contributed by atoms with E-state index in [4.69, 9.17) is 0 Å². The Bertz CT molecular complexity index is 890. The minimum absolute atomic E-state index is 0.201. The molecule has 140 valence electrons. The van der Waals surface area contributed by atoms with Crippen molar-refractivity contribution in [1.29, 1.82) is 0 Å². The van der Waals surface area contributed by atoms with E-state index in [2.05, 4.69) is 52.9 Å². The maximum absolute atomic E-state index is 12.2. The molecule has 2 aromatic carbocycles. The van der Waals surface area contributed by atoms with Gasteiger partial charge >= 0.3 is 0 Å². The molecule has 0 aliphatic carbocycles. The molecule has 0 saturated heterocycles. The average Bonchev–Trinajstić information content (AvgIpc) is 3.09. The third kappa shape index (κ3) is 5.07. The summed E-state index contributed by atoms with van der Waals surface area (Å²) in [5.74, 6) is 1.98. The van der Waals surface area contributed by atoms with Gasteiger partial charge in [0, 0.05) is 29.8 Å². The summed E-state index contributed by atoms with van der Waals surface area (Å²) in [6, 6.07) is 17.9. The highest BCUT2D eigenvalue weighted by atomic mass is 32.2. The molecule has 4 nitrogen and oxygen atoms in total. The summed E-state index contributed by atoms with van der Waals surface area (Å²) < 4.78 is 2.19. The third-order valence-corrected chi connectivity index (χ3v) is 5.37. The highest BCUT2D eigenvalue weighted by Gasteiger charge is 2.14. The highest BCUT2D eigenvalue weighted by molar-refractivity contribution is 7.99. The molecule has 0 bridgehead atoms. The van der Waals surface area contributed by atoms with Gasteiger partial charge in [-0.1, -0.05) is 72.8 Å². The first-order valence-corrected chi connectivity index (χ1v) is 10.4. The van der Waals surface area contributed by atoms with Gasteiger partial charge in [0.05, 0.1) is 0 Å². The van der Waals surface area contributed by atoms with Crippen LogP contribution in [0.15, 0.2) is 59.8 Å². The van der Waals surface area contributed by atoms with Crippen molar-refractivity contribution in [2.24, 2.45) is 0 Å². The minimum atomic E-state index is 0.201. The van der Waals surface area contributed by atoms with Crippen LogP contribution in [0, 0.1) is 6.92 Å². The van der Waals surface area contributed by atoms with Gasteiger partial charge in [-0.3, -0.25) is 4.79 Å². The van der Waals surface area contributed by atoms with Gasteiger partial charge in [-0.2, -0.15) is 0 Å².